The van der Waals surface area contributed by atoms with Crippen molar-refractivity contribution in [3.05, 3.63) is 0 Å². The van der Waals surface area contributed by atoms with Crippen molar-refractivity contribution in [3.8, 4) is 0 Å². The second-order valence-corrected chi connectivity index (χ2v) is 4.15. The maximum absolute atomic E-state index is 3.88. The Bertz CT molecular complexity index is 252. The fourth-order valence-electron chi connectivity index (χ4n) is 0.888. The smallest absolute Gasteiger partial charge is 0.209 e. The van der Waals surface area contributed by atoms with Crippen molar-refractivity contribution in [3.63, 3.8) is 0 Å². The highest BCUT2D eigenvalue weighted by Gasteiger charge is 2.01. The van der Waals surface area contributed by atoms with E-state index in [0.29, 0.717) is 0 Å². The molecule has 0 aliphatic heterocycles. The molecular weight excluding hydrogens is 222 g/mol. The SMILES string of the molecule is CN(C)CCCSc1nnnn1C.Cl. The molecule has 0 radical (unpaired) electrons. The predicted molar refractivity (Wildman–Crippen MR) is 59.9 cm³/mol. The highest BCUT2D eigenvalue weighted by atomic mass is 35.5. The largest absolute Gasteiger partial charge is 0.309 e. The summed E-state index contributed by atoms with van der Waals surface area (Å²) >= 11 is 1.70. The fraction of sp³-hybridized carbons (Fsp3) is 0.857. The van der Waals surface area contributed by atoms with Crippen molar-refractivity contribution in [1.29, 1.82) is 0 Å². The summed E-state index contributed by atoms with van der Waals surface area (Å²) in [5.74, 6) is 1.06. The Balaban J connectivity index is 0.00000169. The van der Waals surface area contributed by atoms with Gasteiger partial charge in [-0.15, -0.1) is 17.5 Å². The number of tetrazole rings is 1. The third-order valence-electron chi connectivity index (χ3n) is 1.56. The van der Waals surface area contributed by atoms with Crippen LogP contribution in [0, 0.1) is 0 Å². The van der Waals surface area contributed by atoms with Gasteiger partial charge in [-0.05, 0) is 37.5 Å². The highest BCUT2D eigenvalue weighted by molar-refractivity contribution is 7.99. The summed E-state index contributed by atoms with van der Waals surface area (Å²) in [6.45, 7) is 1.11. The standard InChI is InChI=1S/C7H15N5S.ClH/c1-11(2)5-4-6-13-7-8-9-10-12(7)3;/h4-6H2,1-3H3;1H. The normalized spacial score (nSPS) is 10.3. The molecule has 0 fully saturated rings. The quantitative estimate of drug-likeness (QED) is 0.557. The van der Waals surface area contributed by atoms with Crippen molar-refractivity contribution in [1.82, 2.24) is 25.1 Å². The van der Waals surface area contributed by atoms with Gasteiger partial charge >= 0.3 is 0 Å². The lowest BCUT2D eigenvalue weighted by atomic mass is 10.5. The maximum Gasteiger partial charge on any atom is 0.209 e. The first kappa shape index (κ1) is 13.7. The van der Waals surface area contributed by atoms with E-state index in [4.69, 9.17) is 0 Å². The topological polar surface area (TPSA) is 46.8 Å². The number of nitrogens with zero attached hydrogens (tertiary/aromatic N) is 5. The molecule has 5 nitrogen and oxygen atoms in total. The Labute approximate surface area is 94.6 Å². The summed E-state index contributed by atoms with van der Waals surface area (Å²) in [6, 6.07) is 0. The van der Waals surface area contributed by atoms with Crippen LogP contribution in [0.4, 0.5) is 0 Å². The number of thioether (sulfide) groups is 1. The summed E-state index contributed by atoms with van der Waals surface area (Å²) in [5.41, 5.74) is 0. The third-order valence-corrected chi connectivity index (χ3v) is 2.66. The van der Waals surface area contributed by atoms with E-state index < -0.39 is 0 Å². The van der Waals surface area contributed by atoms with Gasteiger partial charge in [0, 0.05) is 12.8 Å². The first-order valence-electron chi connectivity index (χ1n) is 4.20. The Morgan fingerprint density at radius 3 is 2.64 bits per heavy atom. The number of aryl methyl sites for hydroxylation is 1. The van der Waals surface area contributed by atoms with E-state index in [1.807, 2.05) is 7.05 Å². The summed E-state index contributed by atoms with van der Waals surface area (Å²) in [5, 5.41) is 12.1. The van der Waals surface area contributed by atoms with Gasteiger partial charge in [-0.2, -0.15) is 0 Å². The number of rotatable bonds is 5. The summed E-state index contributed by atoms with van der Waals surface area (Å²) < 4.78 is 1.69. The number of halogens is 1. The number of aromatic nitrogens is 4. The molecule has 0 spiro atoms. The molecule has 0 saturated carbocycles. The lowest BCUT2D eigenvalue weighted by Crippen LogP contribution is -2.13. The molecule has 1 aromatic rings. The molecule has 0 atom stereocenters. The minimum atomic E-state index is 0. The van der Waals surface area contributed by atoms with Crippen molar-refractivity contribution < 1.29 is 0 Å². The molecule has 0 bridgehead atoms. The van der Waals surface area contributed by atoms with Crippen LogP contribution >= 0.6 is 24.2 Å². The molecule has 0 aliphatic carbocycles. The molecule has 14 heavy (non-hydrogen) atoms. The molecule has 0 saturated heterocycles. The van der Waals surface area contributed by atoms with Gasteiger partial charge in [-0.25, -0.2) is 4.68 Å². The van der Waals surface area contributed by atoms with Gasteiger partial charge in [0.2, 0.25) is 5.16 Å². The first-order valence-corrected chi connectivity index (χ1v) is 5.18. The molecule has 7 heteroatoms. The van der Waals surface area contributed by atoms with Crippen LogP contribution in [-0.2, 0) is 7.05 Å². The predicted octanol–water partition coefficient (Wildman–Crippen LogP) is 0.676. The van der Waals surface area contributed by atoms with Crippen LogP contribution in [0.25, 0.3) is 0 Å². The van der Waals surface area contributed by atoms with Gasteiger partial charge in [0.15, 0.2) is 0 Å². The zero-order valence-electron chi connectivity index (χ0n) is 8.67. The molecule has 82 valence electrons. The highest BCUT2D eigenvalue weighted by Crippen LogP contribution is 2.12. The van der Waals surface area contributed by atoms with Gasteiger partial charge in [-0.3, -0.25) is 0 Å². The van der Waals surface area contributed by atoms with Crippen LogP contribution in [0.1, 0.15) is 6.42 Å². The molecular formula is C7H16ClN5S. The molecule has 1 aromatic heterocycles. The Morgan fingerprint density at radius 1 is 1.43 bits per heavy atom. The molecule has 0 unspecified atom stereocenters. The van der Waals surface area contributed by atoms with Crippen LogP contribution in [-0.4, -0.2) is 51.5 Å². The van der Waals surface area contributed by atoms with E-state index in [-0.39, 0.29) is 12.4 Å². The molecule has 1 heterocycles. The molecule has 0 aliphatic rings. The summed E-state index contributed by atoms with van der Waals surface area (Å²) in [7, 11) is 6.01. The molecule has 0 amide bonds. The number of hydrogen-bond acceptors (Lipinski definition) is 5. The van der Waals surface area contributed by atoms with Crippen molar-refractivity contribution in [2.24, 2.45) is 7.05 Å². The van der Waals surface area contributed by atoms with E-state index in [1.165, 1.54) is 0 Å². The van der Waals surface area contributed by atoms with E-state index in [0.717, 1.165) is 23.9 Å². The summed E-state index contributed by atoms with van der Waals surface area (Å²) in [6.07, 6.45) is 1.16. The van der Waals surface area contributed by atoms with Crippen LogP contribution in [0.2, 0.25) is 0 Å². The average Bonchev–Trinajstić information content (AvgIpc) is 2.45. The lowest BCUT2D eigenvalue weighted by molar-refractivity contribution is 0.410. The van der Waals surface area contributed by atoms with E-state index in [2.05, 4.69) is 34.5 Å². The minimum Gasteiger partial charge on any atom is -0.309 e. The van der Waals surface area contributed by atoms with E-state index in [9.17, 15) is 0 Å². The van der Waals surface area contributed by atoms with Crippen molar-refractivity contribution in [2.75, 3.05) is 26.4 Å². The zero-order valence-corrected chi connectivity index (χ0v) is 10.3. The second kappa shape index (κ2) is 7.03. The monoisotopic (exact) mass is 237 g/mol. The minimum absolute atomic E-state index is 0. The van der Waals surface area contributed by atoms with Crippen LogP contribution in [0.15, 0.2) is 5.16 Å². The Hall–Kier alpha value is -0.330. The van der Waals surface area contributed by atoms with E-state index >= 15 is 0 Å². The Kier molecular flexibility index (Phi) is 6.86. The van der Waals surface area contributed by atoms with Gasteiger partial charge in [0.25, 0.3) is 0 Å². The summed E-state index contributed by atoms with van der Waals surface area (Å²) in [4.78, 5) is 2.18. The molecule has 0 N–H and O–H groups in total. The zero-order chi connectivity index (χ0) is 9.68. The van der Waals surface area contributed by atoms with Gasteiger partial charge in [0.1, 0.15) is 0 Å². The third kappa shape index (κ3) is 4.78. The Morgan fingerprint density at radius 2 is 2.14 bits per heavy atom. The first-order chi connectivity index (χ1) is 6.20. The lowest BCUT2D eigenvalue weighted by Gasteiger charge is -2.07. The van der Waals surface area contributed by atoms with Gasteiger partial charge < -0.3 is 4.90 Å². The average molecular weight is 238 g/mol. The van der Waals surface area contributed by atoms with Crippen LogP contribution < -0.4 is 0 Å². The maximum atomic E-state index is 3.88. The van der Waals surface area contributed by atoms with Crippen LogP contribution in [0.3, 0.4) is 0 Å². The fourth-order valence-corrected chi connectivity index (χ4v) is 1.66. The number of hydrogen-bond donors (Lipinski definition) is 0. The van der Waals surface area contributed by atoms with Gasteiger partial charge in [0.05, 0.1) is 0 Å². The molecule has 1 rings (SSSR count). The molecule has 0 aromatic carbocycles. The van der Waals surface area contributed by atoms with Gasteiger partial charge in [-0.1, -0.05) is 11.8 Å². The van der Waals surface area contributed by atoms with Crippen molar-refractivity contribution in [2.45, 2.75) is 11.6 Å². The second-order valence-electron chi connectivity index (χ2n) is 3.09. The van der Waals surface area contributed by atoms with Crippen LogP contribution in [0.5, 0.6) is 0 Å². The van der Waals surface area contributed by atoms with E-state index in [1.54, 1.807) is 16.4 Å². The van der Waals surface area contributed by atoms with Crippen molar-refractivity contribution >= 4 is 24.2 Å².